The molecule has 3 aromatic carbocycles. The predicted molar refractivity (Wildman–Crippen MR) is 148 cm³/mol. The van der Waals surface area contributed by atoms with E-state index in [4.69, 9.17) is 23.9 Å². The zero-order valence-corrected chi connectivity index (χ0v) is 24.0. The first-order chi connectivity index (χ1) is 16.0. The van der Waals surface area contributed by atoms with E-state index in [2.05, 4.69) is 103 Å². The summed E-state index contributed by atoms with van der Waals surface area (Å²) < 4.78 is 2.71. The topological polar surface area (TPSA) is 17.3 Å². The first-order valence-corrected chi connectivity index (χ1v) is 18.8. The summed E-state index contributed by atoms with van der Waals surface area (Å²) in [5.41, 5.74) is 5.51. The van der Waals surface area contributed by atoms with E-state index in [0.717, 1.165) is 11.4 Å². The second kappa shape index (κ2) is 10.6. The fourth-order valence-corrected chi connectivity index (χ4v) is 10.2. The molecule has 1 heterocycles. The van der Waals surface area contributed by atoms with Crippen molar-refractivity contribution in [3.8, 4) is 0 Å². The number of benzene rings is 3. The summed E-state index contributed by atoms with van der Waals surface area (Å²) in [6.45, 7) is 5.15. The average molecular weight is 541 g/mol. The Hall–Kier alpha value is -1.49. The molecule has 2 nitrogen and oxygen atoms in total. The van der Waals surface area contributed by atoms with E-state index in [1.807, 2.05) is 0 Å². The molecule has 0 N–H and O–H groups in total. The van der Waals surface area contributed by atoms with Crippen molar-refractivity contribution in [2.24, 2.45) is 11.8 Å². The van der Waals surface area contributed by atoms with Gasteiger partial charge in [-0.1, -0.05) is 92.3 Å². The van der Waals surface area contributed by atoms with Crippen LogP contribution in [0.3, 0.4) is 0 Å². The van der Waals surface area contributed by atoms with E-state index in [1.165, 1.54) is 34.7 Å². The van der Waals surface area contributed by atoms with E-state index in [-0.39, 0.29) is 7.43 Å². The van der Waals surface area contributed by atoms with Gasteiger partial charge < -0.3 is 17.3 Å². The molecule has 0 amide bonds. The number of hydrogen-bond acceptors (Lipinski definition) is 1. The molecule has 1 aliphatic heterocycles. The number of hydrogen-bond donors (Lipinski definition) is 0. The van der Waals surface area contributed by atoms with Crippen LogP contribution < -0.4 is 15.0 Å². The Morgan fingerprint density at radius 1 is 0.794 bits per heavy atom. The third kappa shape index (κ3) is 4.54. The molecule has 1 saturated carbocycles. The second-order valence-electron chi connectivity index (χ2n) is 9.54. The van der Waals surface area contributed by atoms with Crippen molar-refractivity contribution >= 4 is 61.7 Å². The fourth-order valence-electron chi connectivity index (χ4n) is 6.11. The molecule has 0 radical (unpaired) electrons. The van der Waals surface area contributed by atoms with Crippen LogP contribution in [0.2, 0.25) is 18.6 Å². The monoisotopic (exact) mass is 540 g/mol. The molecule has 1 fully saturated rings. The molecule has 176 valence electrons. The summed E-state index contributed by atoms with van der Waals surface area (Å²) in [6.07, 6.45) is 7.77. The summed E-state index contributed by atoms with van der Waals surface area (Å²) in [5.74, 6) is 1.32. The molecular weight excluding hydrogens is 511 g/mol. The van der Waals surface area contributed by atoms with Gasteiger partial charge in [-0.15, -0.1) is 11.4 Å². The second-order valence-corrected chi connectivity index (χ2v) is 16.6. The van der Waals surface area contributed by atoms with Gasteiger partial charge in [0.25, 0.3) is 0 Å². The van der Waals surface area contributed by atoms with Gasteiger partial charge in [0.15, 0.2) is 8.24 Å². The van der Waals surface area contributed by atoms with Crippen LogP contribution in [-0.4, -0.2) is 8.24 Å². The van der Waals surface area contributed by atoms with E-state index < -0.39 is 25.3 Å². The number of fused-ring (bicyclic) bond motifs is 4. The van der Waals surface area contributed by atoms with Gasteiger partial charge in [-0.2, -0.15) is 0 Å². The van der Waals surface area contributed by atoms with Gasteiger partial charge in [0.1, 0.15) is 0 Å². The molecule has 6 heteroatoms. The van der Waals surface area contributed by atoms with Crippen LogP contribution in [0.5, 0.6) is 0 Å². The summed E-state index contributed by atoms with van der Waals surface area (Å²) in [7, 11) is 7.90. The quantitative estimate of drug-likeness (QED) is 0.236. The molecule has 3 aliphatic rings. The molecule has 1 unspecified atom stereocenters. The van der Waals surface area contributed by atoms with Crippen molar-refractivity contribution in [2.75, 3.05) is 4.57 Å². The van der Waals surface area contributed by atoms with Gasteiger partial charge in [0, 0.05) is 11.4 Å². The number of rotatable bonds is 2. The third-order valence-corrected chi connectivity index (χ3v) is 11.6. The Bertz CT molecular complexity index is 1230. The molecular formula is C28H30Cl2N2SiTi-2. The Labute approximate surface area is 221 Å². The normalized spacial score (nSPS) is 21.4. The molecule has 0 aromatic heterocycles. The Kier molecular flexibility index (Phi) is 8.01. The van der Waals surface area contributed by atoms with Crippen molar-refractivity contribution in [2.45, 2.75) is 31.5 Å². The van der Waals surface area contributed by atoms with Crippen molar-refractivity contribution in [3.63, 3.8) is 0 Å². The number of nitrogens with zero attached hydrogens (tertiary/aromatic N) is 2. The van der Waals surface area contributed by atoms with Crippen molar-refractivity contribution in [1.82, 2.24) is 0 Å². The van der Waals surface area contributed by atoms with Crippen LogP contribution in [0.4, 0.5) is 22.7 Å². The first-order valence-electron chi connectivity index (χ1n) is 11.5. The minimum atomic E-state index is -1.88. The summed E-state index contributed by atoms with van der Waals surface area (Å²) in [4.78, 5) is 0. The van der Waals surface area contributed by atoms with E-state index in [9.17, 15) is 0 Å². The van der Waals surface area contributed by atoms with Crippen molar-refractivity contribution in [1.29, 1.82) is 0 Å². The summed E-state index contributed by atoms with van der Waals surface area (Å²) >= 11 is -0.556. The molecule has 3 aromatic rings. The van der Waals surface area contributed by atoms with Gasteiger partial charge in [-0.25, -0.2) is 0 Å². The molecule has 6 rings (SSSR count). The first kappa shape index (κ1) is 25.6. The van der Waals surface area contributed by atoms with Crippen molar-refractivity contribution in [3.05, 3.63) is 96.0 Å². The molecule has 0 saturated heterocycles. The van der Waals surface area contributed by atoms with Crippen molar-refractivity contribution < 1.29 is 17.0 Å². The number of para-hydroxylation sites is 4. The Balaban J connectivity index is 0.000000652. The SMILES string of the molecule is C[Si](C)(C1CC[C@@H]2C=c3ccccc3=C[C@H]12)N1c2ccccc2[N-]c2ccccc21.[CH3-].[Cl][Ti][Cl]. The number of anilines is 2. The van der Waals surface area contributed by atoms with Crippen LogP contribution in [0.15, 0.2) is 72.8 Å². The van der Waals surface area contributed by atoms with Crippen LogP contribution >= 0.6 is 18.6 Å². The van der Waals surface area contributed by atoms with Gasteiger partial charge in [-0.05, 0) is 46.4 Å². The van der Waals surface area contributed by atoms with E-state index in [1.54, 1.807) is 0 Å². The zero-order chi connectivity index (χ0) is 23.0. The maximum absolute atomic E-state index is 4.98. The summed E-state index contributed by atoms with van der Waals surface area (Å²) in [6, 6.07) is 26.3. The maximum atomic E-state index is 4.98. The van der Waals surface area contributed by atoms with E-state index in [0.29, 0.717) is 17.4 Å². The van der Waals surface area contributed by atoms with Crippen LogP contribution in [0.1, 0.15) is 12.8 Å². The number of halogens is 2. The standard InChI is InChI=1S/C27H27N2Si.CH3.2ClH.Ti/c1-30(2,27-16-15-21-17-19-9-3-4-10-20(19)18-22(21)27)29-25-13-7-5-11-23(25)28-24-12-6-8-14-26(24)29;;;;/h3-14,17-18,21-22,27H,15-16H2,1-2H3;1H3;2*1H;/q2*-1;;;+2/p-2/t21-,22+,27?;;;;/m1..../s1. The van der Waals surface area contributed by atoms with Crippen LogP contribution in [-0.2, 0) is 17.0 Å². The summed E-state index contributed by atoms with van der Waals surface area (Å²) in [5, 5.41) is 7.82. The van der Waals surface area contributed by atoms with Crippen LogP contribution in [0, 0.1) is 19.3 Å². The van der Waals surface area contributed by atoms with Gasteiger partial charge in [-0.3, -0.25) is 0 Å². The fraction of sp³-hybridized carbons (Fsp3) is 0.250. The minimum absolute atomic E-state index is 0. The zero-order valence-electron chi connectivity index (χ0n) is 19.9. The van der Waals surface area contributed by atoms with E-state index >= 15 is 0 Å². The predicted octanol–water partition coefficient (Wildman–Crippen LogP) is 8.18. The van der Waals surface area contributed by atoms with Gasteiger partial charge in [0.05, 0.1) is 0 Å². The Morgan fingerprint density at radius 3 is 1.88 bits per heavy atom. The van der Waals surface area contributed by atoms with Crippen LogP contribution in [0.25, 0.3) is 17.5 Å². The molecule has 34 heavy (non-hydrogen) atoms. The molecule has 0 bridgehead atoms. The van der Waals surface area contributed by atoms with Gasteiger partial charge >= 0.3 is 35.6 Å². The molecule has 2 aliphatic carbocycles. The molecule has 3 atom stereocenters. The van der Waals surface area contributed by atoms with Gasteiger partial charge in [0.2, 0.25) is 0 Å². The molecule has 0 spiro atoms. The average Bonchev–Trinajstić information content (AvgIpc) is 3.25. The third-order valence-electron chi connectivity index (χ3n) is 7.50. The Morgan fingerprint density at radius 2 is 1.29 bits per heavy atom.